The van der Waals surface area contributed by atoms with Crippen molar-refractivity contribution in [3.63, 3.8) is 0 Å². The third-order valence-electron chi connectivity index (χ3n) is 4.30. The molecule has 2 aromatic rings. The second kappa shape index (κ2) is 5.11. The zero-order chi connectivity index (χ0) is 12.4. The van der Waals surface area contributed by atoms with Gasteiger partial charge in [-0.1, -0.05) is 49.4 Å². The van der Waals surface area contributed by atoms with E-state index in [2.05, 4.69) is 54.3 Å². The molecule has 3 rings (SSSR count). The second-order valence-corrected chi connectivity index (χ2v) is 5.28. The highest BCUT2D eigenvalue weighted by molar-refractivity contribution is 5.86. The number of rotatable bonds is 2. The first-order valence-electron chi connectivity index (χ1n) is 7.08. The van der Waals surface area contributed by atoms with E-state index in [-0.39, 0.29) is 0 Å². The van der Waals surface area contributed by atoms with Crippen molar-refractivity contribution in [2.24, 2.45) is 0 Å². The van der Waals surface area contributed by atoms with Crippen molar-refractivity contribution >= 4 is 10.8 Å². The summed E-state index contributed by atoms with van der Waals surface area (Å²) in [7, 11) is 0. The quantitative estimate of drug-likeness (QED) is 0.764. The monoisotopic (exact) mass is 239 g/mol. The van der Waals surface area contributed by atoms with Crippen LogP contribution in [0.1, 0.15) is 31.2 Å². The van der Waals surface area contributed by atoms with E-state index in [0.29, 0.717) is 0 Å². The predicted octanol–water partition coefficient (Wildman–Crippen LogP) is 4.04. The van der Waals surface area contributed by atoms with Gasteiger partial charge in [-0.05, 0) is 54.7 Å². The fraction of sp³-hybridized carbons (Fsp3) is 0.412. The zero-order valence-corrected chi connectivity index (χ0v) is 11.1. The van der Waals surface area contributed by atoms with E-state index in [1.165, 1.54) is 43.2 Å². The van der Waals surface area contributed by atoms with Gasteiger partial charge in [-0.25, -0.2) is 0 Å². The van der Waals surface area contributed by atoms with Crippen LogP contribution >= 0.6 is 0 Å². The molecule has 1 fully saturated rings. The molecule has 0 saturated carbocycles. The number of fused-ring (bicyclic) bond motifs is 1. The van der Waals surface area contributed by atoms with Crippen LogP contribution in [0.25, 0.3) is 10.8 Å². The summed E-state index contributed by atoms with van der Waals surface area (Å²) in [6.45, 7) is 5.97. The largest absolute Gasteiger partial charge is 0.304 e. The molecule has 1 saturated heterocycles. The van der Waals surface area contributed by atoms with Crippen LogP contribution in [0.2, 0.25) is 0 Å². The fourth-order valence-electron chi connectivity index (χ4n) is 3.17. The summed E-state index contributed by atoms with van der Waals surface area (Å²) in [5.74, 6) is 0.749. The first-order valence-corrected chi connectivity index (χ1v) is 7.08. The van der Waals surface area contributed by atoms with Crippen molar-refractivity contribution < 1.29 is 0 Å². The van der Waals surface area contributed by atoms with E-state index in [1.54, 1.807) is 5.56 Å². The number of piperidine rings is 1. The number of likely N-dealkylation sites (tertiary alicyclic amines) is 1. The van der Waals surface area contributed by atoms with Gasteiger partial charge < -0.3 is 4.90 Å². The Kier molecular flexibility index (Phi) is 3.33. The number of nitrogens with zero attached hydrogens (tertiary/aromatic N) is 1. The maximum absolute atomic E-state index is 2.56. The fourth-order valence-corrected chi connectivity index (χ4v) is 3.17. The SMILES string of the molecule is CCN1CCC(c2cccc3ccccc23)CC1. The molecule has 0 radical (unpaired) electrons. The first kappa shape index (κ1) is 11.7. The van der Waals surface area contributed by atoms with Crippen molar-refractivity contribution in [1.29, 1.82) is 0 Å². The van der Waals surface area contributed by atoms with Crippen LogP contribution < -0.4 is 0 Å². The van der Waals surface area contributed by atoms with Gasteiger partial charge in [0.25, 0.3) is 0 Å². The normalized spacial score (nSPS) is 18.3. The van der Waals surface area contributed by atoms with Crippen LogP contribution in [0.3, 0.4) is 0 Å². The predicted molar refractivity (Wildman–Crippen MR) is 78.0 cm³/mol. The minimum absolute atomic E-state index is 0.749. The lowest BCUT2D eigenvalue weighted by Crippen LogP contribution is -2.32. The maximum atomic E-state index is 2.56. The lowest BCUT2D eigenvalue weighted by Gasteiger charge is -2.31. The molecule has 1 aliphatic heterocycles. The molecule has 0 N–H and O–H groups in total. The highest BCUT2D eigenvalue weighted by Gasteiger charge is 2.20. The molecule has 0 bridgehead atoms. The van der Waals surface area contributed by atoms with Crippen LogP contribution in [0.5, 0.6) is 0 Å². The van der Waals surface area contributed by atoms with Crippen LogP contribution in [0.15, 0.2) is 42.5 Å². The van der Waals surface area contributed by atoms with Crippen molar-refractivity contribution in [2.75, 3.05) is 19.6 Å². The lowest BCUT2D eigenvalue weighted by molar-refractivity contribution is 0.223. The molecule has 0 aromatic heterocycles. The second-order valence-electron chi connectivity index (χ2n) is 5.28. The van der Waals surface area contributed by atoms with Gasteiger partial charge in [0.05, 0.1) is 0 Å². The smallest absolute Gasteiger partial charge is 0.00130 e. The minimum Gasteiger partial charge on any atom is -0.304 e. The average molecular weight is 239 g/mol. The van der Waals surface area contributed by atoms with Crippen molar-refractivity contribution in [3.05, 3.63) is 48.0 Å². The summed E-state index contributed by atoms with van der Waals surface area (Å²) >= 11 is 0. The summed E-state index contributed by atoms with van der Waals surface area (Å²) < 4.78 is 0. The summed E-state index contributed by atoms with van der Waals surface area (Å²) in [5.41, 5.74) is 1.56. The minimum atomic E-state index is 0.749. The summed E-state index contributed by atoms with van der Waals surface area (Å²) in [4.78, 5) is 2.56. The highest BCUT2D eigenvalue weighted by atomic mass is 15.1. The van der Waals surface area contributed by atoms with Gasteiger partial charge in [0.1, 0.15) is 0 Å². The number of hydrogen-bond donors (Lipinski definition) is 0. The zero-order valence-electron chi connectivity index (χ0n) is 11.1. The molecule has 18 heavy (non-hydrogen) atoms. The van der Waals surface area contributed by atoms with E-state index in [4.69, 9.17) is 0 Å². The Morgan fingerprint density at radius 2 is 1.72 bits per heavy atom. The molecule has 0 atom stereocenters. The van der Waals surface area contributed by atoms with Crippen molar-refractivity contribution in [3.8, 4) is 0 Å². The molecule has 0 aliphatic carbocycles. The van der Waals surface area contributed by atoms with Crippen molar-refractivity contribution in [1.82, 2.24) is 4.90 Å². The molecule has 1 heterocycles. The van der Waals surface area contributed by atoms with Crippen LogP contribution in [0.4, 0.5) is 0 Å². The molecular weight excluding hydrogens is 218 g/mol. The molecule has 1 nitrogen and oxygen atoms in total. The first-order chi connectivity index (χ1) is 8.88. The standard InChI is InChI=1S/C17H21N/c1-2-18-12-10-15(11-13-18)17-9-5-7-14-6-3-4-8-16(14)17/h3-9,15H,2,10-13H2,1H3. The van der Waals surface area contributed by atoms with E-state index >= 15 is 0 Å². The summed E-state index contributed by atoms with van der Waals surface area (Å²) in [5, 5.41) is 2.84. The van der Waals surface area contributed by atoms with Gasteiger partial charge in [-0.3, -0.25) is 0 Å². The molecule has 2 aromatic carbocycles. The van der Waals surface area contributed by atoms with Crippen LogP contribution in [-0.4, -0.2) is 24.5 Å². The highest BCUT2D eigenvalue weighted by Crippen LogP contribution is 2.32. The van der Waals surface area contributed by atoms with Gasteiger partial charge in [-0.2, -0.15) is 0 Å². The molecule has 0 unspecified atom stereocenters. The lowest BCUT2D eigenvalue weighted by atomic mass is 9.86. The third kappa shape index (κ3) is 2.15. The Labute approximate surface area is 109 Å². The molecular formula is C17H21N. The Morgan fingerprint density at radius 3 is 2.50 bits per heavy atom. The average Bonchev–Trinajstić information content (AvgIpc) is 2.47. The molecule has 94 valence electrons. The molecule has 0 amide bonds. The van der Waals surface area contributed by atoms with Gasteiger partial charge in [0, 0.05) is 0 Å². The van der Waals surface area contributed by atoms with E-state index in [1.807, 2.05) is 0 Å². The van der Waals surface area contributed by atoms with Gasteiger partial charge in [-0.15, -0.1) is 0 Å². The van der Waals surface area contributed by atoms with E-state index in [0.717, 1.165) is 5.92 Å². The Bertz CT molecular complexity index is 519. The Balaban J connectivity index is 1.91. The van der Waals surface area contributed by atoms with Crippen LogP contribution in [0, 0.1) is 0 Å². The molecule has 1 heteroatoms. The van der Waals surface area contributed by atoms with Crippen LogP contribution in [-0.2, 0) is 0 Å². The molecule has 0 spiro atoms. The maximum Gasteiger partial charge on any atom is -0.00130 e. The summed E-state index contributed by atoms with van der Waals surface area (Å²) in [6, 6.07) is 15.5. The molecule has 1 aliphatic rings. The number of hydrogen-bond acceptors (Lipinski definition) is 1. The van der Waals surface area contributed by atoms with Crippen molar-refractivity contribution in [2.45, 2.75) is 25.7 Å². The number of benzene rings is 2. The van der Waals surface area contributed by atoms with E-state index in [9.17, 15) is 0 Å². The van der Waals surface area contributed by atoms with Gasteiger partial charge in [0.15, 0.2) is 0 Å². The van der Waals surface area contributed by atoms with Gasteiger partial charge >= 0.3 is 0 Å². The Morgan fingerprint density at radius 1 is 1.00 bits per heavy atom. The summed E-state index contributed by atoms with van der Waals surface area (Å²) in [6.07, 6.45) is 2.61. The Hall–Kier alpha value is -1.34. The van der Waals surface area contributed by atoms with E-state index < -0.39 is 0 Å². The third-order valence-corrected chi connectivity index (χ3v) is 4.30. The van der Waals surface area contributed by atoms with Gasteiger partial charge in [0.2, 0.25) is 0 Å². The topological polar surface area (TPSA) is 3.24 Å².